The molecule has 0 unspecified atom stereocenters. The summed E-state index contributed by atoms with van der Waals surface area (Å²) in [5.41, 5.74) is 4.16. The number of carbonyl (C=O) groups is 1. The lowest BCUT2D eigenvalue weighted by Gasteiger charge is -2.07. The number of ketones is 1. The predicted octanol–water partition coefficient (Wildman–Crippen LogP) is 7.30. The van der Waals surface area contributed by atoms with Crippen LogP contribution in [-0.4, -0.2) is 10.8 Å². The molecule has 0 fully saturated rings. The highest BCUT2D eigenvalue weighted by atomic mass is 32.1. The van der Waals surface area contributed by atoms with Gasteiger partial charge in [0.2, 0.25) is 0 Å². The highest BCUT2D eigenvalue weighted by molar-refractivity contribution is 7.20. The fraction of sp³-hybridized carbons (Fsp3) is 0.0345. The van der Waals surface area contributed by atoms with Gasteiger partial charge in [-0.3, -0.25) is 4.79 Å². The molecule has 0 amide bonds. The first kappa shape index (κ1) is 20.9. The number of rotatable bonds is 7. The summed E-state index contributed by atoms with van der Waals surface area (Å²) in [6, 6.07) is 35.1. The van der Waals surface area contributed by atoms with Crippen LogP contribution in [0.1, 0.15) is 26.5 Å². The van der Waals surface area contributed by atoms with Crippen molar-refractivity contribution in [3.8, 4) is 5.75 Å². The number of para-hydroxylation sites is 1. The molecule has 33 heavy (non-hydrogen) atoms. The van der Waals surface area contributed by atoms with Crippen molar-refractivity contribution in [2.45, 2.75) is 6.61 Å². The number of benzene rings is 4. The molecular weight excluding hydrogens is 426 g/mol. The van der Waals surface area contributed by atoms with Crippen molar-refractivity contribution in [2.24, 2.45) is 0 Å². The van der Waals surface area contributed by atoms with Crippen LogP contribution in [0.25, 0.3) is 21.9 Å². The summed E-state index contributed by atoms with van der Waals surface area (Å²) < 4.78 is 6.95. The maximum Gasteiger partial charge on any atom is 0.196 e. The van der Waals surface area contributed by atoms with Crippen LogP contribution < -0.4 is 4.74 Å². The van der Waals surface area contributed by atoms with E-state index in [4.69, 9.17) is 9.72 Å². The first-order valence-electron chi connectivity index (χ1n) is 10.7. The number of carbonyl (C=O) groups excluding carboxylic acids is 1. The van der Waals surface area contributed by atoms with E-state index in [9.17, 15) is 4.79 Å². The number of allylic oxidation sites excluding steroid dienone is 1. The molecule has 0 saturated heterocycles. The van der Waals surface area contributed by atoms with Crippen LogP contribution in [0, 0.1) is 0 Å². The van der Waals surface area contributed by atoms with Gasteiger partial charge in [-0.25, -0.2) is 4.98 Å². The highest BCUT2D eigenvalue weighted by Gasteiger charge is 2.18. The topological polar surface area (TPSA) is 39.2 Å². The van der Waals surface area contributed by atoms with Crippen molar-refractivity contribution >= 4 is 39.0 Å². The van der Waals surface area contributed by atoms with Gasteiger partial charge < -0.3 is 4.74 Å². The van der Waals surface area contributed by atoms with E-state index < -0.39 is 0 Å². The lowest BCUT2D eigenvalue weighted by molar-refractivity contribution is 0.105. The Morgan fingerprint density at radius 2 is 1.45 bits per heavy atom. The molecule has 3 nitrogen and oxygen atoms in total. The van der Waals surface area contributed by atoms with Gasteiger partial charge in [0.1, 0.15) is 17.4 Å². The fourth-order valence-electron chi connectivity index (χ4n) is 3.52. The van der Waals surface area contributed by atoms with Crippen LogP contribution in [-0.2, 0) is 6.61 Å². The lowest BCUT2D eigenvalue weighted by atomic mass is 10.0. The molecular formula is C29H21NO2S. The normalized spacial score (nSPS) is 11.5. The number of fused-ring (bicyclic) bond motifs is 1. The van der Waals surface area contributed by atoms with Crippen molar-refractivity contribution in [2.75, 3.05) is 0 Å². The third-order valence-electron chi connectivity index (χ3n) is 5.24. The molecule has 4 aromatic carbocycles. The number of hydrogen-bond donors (Lipinski definition) is 0. The number of hydrogen-bond acceptors (Lipinski definition) is 4. The second kappa shape index (κ2) is 9.63. The quantitative estimate of drug-likeness (QED) is 0.194. The van der Waals surface area contributed by atoms with Gasteiger partial charge in [0, 0.05) is 5.56 Å². The van der Waals surface area contributed by atoms with Gasteiger partial charge in [-0.05, 0) is 41.5 Å². The standard InChI is InChI=1S/C29H21NO2S/c31-28(23-11-5-2-6-12-23)25(29-30-26-13-7-8-14-27(26)33-29)19-21-15-17-24(18-16-21)32-20-22-9-3-1-4-10-22/h1-19H,20H2. The van der Waals surface area contributed by atoms with Gasteiger partial charge in [-0.15, -0.1) is 11.3 Å². The Morgan fingerprint density at radius 1 is 0.788 bits per heavy atom. The van der Waals surface area contributed by atoms with Crippen LogP contribution >= 0.6 is 11.3 Å². The Morgan fingerprint density at radius 3 is 2.18 bits per heavy atom. The van der Waals surface area contributed by atoms with Crippen LogP contribution in [0.5, 0.6) is 5.75 Å². The molecule has 0 aliphatic carbocycles. The number of aromatic nitrogens is 1. The van der Waals surface area contributed by atoms with Gasteiger partial charge in [0.05, 0.1) is 15.8 Å². The van der Waals surface area contributed by atoms with Crippen molar-refractivity contribution in [1.29, 1.82) is 0 Å². The largest absolute Gasteiger partial charge is 0.489 e. The number of Topliss-reactive ketones (excluding diaryl/α,β-unsaturated/α-hetero) is 1. The average molecular weight is 448 g/mol. The molecule has 0 aliphatic heterocycles. The molecule has 0 N–H and O–H groups in total. The molecule has 1 heterocycles. The molecule has 0 spiro atoms. The van der Waals surface area contributed by atoms with E-state index in [1.165, 1.54) is 11.3 Å². The minimum Gasteiger partial charge on any atom is -0.489 e. The smallest absolute Gasteiger partial charge is 0.196 e. The lowest BCUT2D eigenvalue weighted by Crippen LogP contribution is -2.02. The molecule has 5 aromatic rings. The zero-order valence-corrected chi connectivity index (χ0v) is 18.7. The fourth-order valence-corrected chi connectivity index (χ4v) is 4.50. The van der Waals surface area contributed by atoms with Gasteiger partial charge in [0.15, 0.2) is 5.78 Å². The van der Waals surface area contributed by atoms with Gasteiger partial charge >= 0.3 is 0 Å². The van der Waals surface area contributed by atoms with Crippen molar-refractivity contribution in [3.63, 3.8) is 0 Å². The molecule has 5 rings (SSSR count). The molecule has 1 aromatic heterocycles. The zero-order valence-electron chi connectivity index (χ0n) is 17.8. The van der Waals surface area contributed by atoms with Crippen LogP contribution in [0.3, 0.4) is 0 Å². The van der Waals surface area contributed by atoms with Gasteiger partial charge in [0.25, 0.3) is 0 Å². The molecule has 4 heteroatoms. The number of ether oxygens (including phenoxy) is 1. The maximum absolute atomic E-state index is 13.4. The van der Waals surface area contributed by atoms with Crippen LogP contribution in [0.15, 0.2) is 109 Å². The third kappa shape index (κ3) is 4.92. The SMILES string of the molecule is O=C(C(=Cc1ccc(OCc2ccccc2)cc1)c1nc2ccccc2s1)c1ccccc1. The van der Waals surface area contributed by atoms with E-state index in [1.54, 1.807) is 0 Å². The molecule has 0 bridgehead atoms. The predicted molar refractivity (Wildman–Crippen MR) is 135 cm³/mol. The molecule has 0 saturated carbocycles. The summed E-state index contributed by atoms with van der Waals surface area (Å²) in [5, 5.41) is 0.717. The molecule has 0 radical (unpaired) electrons. The van der Waals surface area contributed by atoms with Crippen molar-refractivity contribution < 1.29 is 9.53 Å². The van der Waals surface area contributed by atoms with E-state index in [0.29, 0.717) is 17.7 Å². The summed E-state index contributed by atoms with van der Waals surface area (Å²) in [5.74, 6) is 0.742. The zero-order chi connectivity index (χ0) is 22.5. The van der Waals surface area contributed by atoms with E-state index in [-0.39, 0.29) is 5.78 Å². The van der Waals surface area contributed by atoms with Crippen LogP contribution in [0.2, 0.25) is 0 Å². The molecule has 0 aliphatic rings. The van der Waals surface area contributed by atoms with E-state index in [1.807, 2.05) is 115 Å². The summed E-state index contributed by atoms with van der Waals surface area (Å²) in [4.78, 5) is 18.2. The average Bonchev–Trinajstić information content (AvgIpc) is 3.31. The van der Waals surface area contributed by atoms with Gasteiger partial charge in [-0.2, -0.15) is 0 Å². The third-order valence-corrected chi connectivity index (χ3v) is 6.31. The Labute approximate surface area is 196 Å². The molecule has 0 atom stereocenters. The Bertz CT molecular complexity index is 1370. The maximum atomic E-state index is 13.4. The van der Waals surface area contributed by atoms with Gasteiger partial charge in [-0.1, -0.05) is 84.9 Å². The second-order valence-corrected chi connectivity index (χ2v) is 8.61. The Kier molecular flexibility index (Phi) is 6.09. The van der Waals surface area contributed by atoms with Crippen molar-refractivity contribution in [1.82, 2.24) is 4.98 Å². The highest BCUT2D eigenvalue weighted by Crippen LogP contribution is 2.31. The number of nitrogens with zero attached hydrogens (tertiary/aromatic N) is 1. The van der Waals surface area contributed by atoms with E-state index in [2.05, 4.69) is 0 Å². The first-order valence-corrected chi connectivity index (χ1v) is 11.5. The summed E-state index contributed by atoms with van der Waals surface area (Å²) in [7, 11) is 0. The summed E-state index contributed by atoms with van der Waals surface area (Å²) in [6.07, 6.45) is 1.91. The summed E-state index contributed by atoms with van der Waals surface area (Å²) in [6.45, 7) is 0.513. The Hall–Kier alpha value is -4.02. The van der Waals surface area contributed by atoms with E-state index >= 15 is 0 Å². The summed E-state index contributed by atoms with van der Waals surface area (Å²) >= 11 is 1.53. The second-order valence-electron chi connectivity index (χ2n) is 7.58. The number of thiazole rings is 1. The minimum absolute atomic E-state index is 0.0425. The monoisotopic (exact) mass is 447 g/mol. The minimum atomic E-state index is -0.0425. The van der Waals surface area contributed by atoms with E-state index in [0.717, 1.165) is 32.1 Å². The first-order chi connectivity index (χ1) is 16.3. The van der Waals surface area contributed by atoms with Crippen LogP contribution in [0.4, 0.5) is 0 Å². The molecule has 160 valence electrons. The van der Waals surface area contributed by atoms with Crippen molar-refractivity contribution in [3.05, 3.63) is 131 Å². The Balaban J connectivity index is 1.45.